The Morgan fingerprint density at radius 2 is 1.76 bits per heavy atom. The van der Waals surface area contributed by atoms with Crippen molar-refractivity contribution in [3.05, 3.63) is 36.0 Å². The number of para-hydroxylation sites is 1. The van der Waals surface area contributed by atoms with Gasteiger partial charge >= 0.3 is 11.9 Å². The zero-order valence-electron chi connectivity index (χ0n) is 20.6. The molecule has 1 amide bonds. The molecule has 0 radical (unpaired) electrons. The summed E-state index contributed by atoms with van der Waals surface area (Å²) in [5, 5.41) is 3.79. The number of esters is 2. The van der Waals surface area contributed by atoms with Gasteiger partial charge in [-0.05, 0) is 42.7 Å². The molecule has 34 heavy (non-hydrogen) atoms. The van der Waals surface area contributed by atoms with Crippen LogP contribution in [0.5, 0.6) is 0 Å². The Labute approximate surface area is 201 Å². The molecule has 1 aromatic heterocycles. The van der Waals surface area contributed by atoms with Crippen molar-refractivity contribution in [3.63, 3.8) is 0 Å². The standard InChI is InChI=1S/C26H39N3O5/c1-4-5-8-14-33-26(32)23(17-20-16-19-9-6-7-10-22(19)28-20)29-24(30)12-11-21(27)25(31)34-15-13-18(2)3/h6-7,9-10,16,18,21,23,28H,4-5,8,11-15,17,27H2,1-3H3,(H,29,30)/t21-,23+/m1/s1. The number of H-pyrrole nitrogens is 1. The summed E-state index contributed by atoms with van der Waals surface area (Å²) in [6, 6.07) is 8.05. The van der Waals surface area contributed by atoms with Gasteiger partial charge in [0.1, 0.15) is 12.1 Å². The van der Waals surface area contributed by atoms with Gasteiger partial charge in [0.25, 0.3) is 0 Å². The molecule has 8 nitrogen and oxygen atoms in total. The van der Waals surface area contributed by atoms with Crippen molar-refractivity contribution in [2.45, 2.75) is 77.8 Å². The van der Waals surface area contributed by atoms with Crippen molar-refractivity contribution in [2.24, 2.45) is 11.7 Å². The first-order valence-corrected chi connectivity index (χ1v) is 12.2. The van der Waals surface area contributed by atoms with Crippen LogP contribution in [-0.2, 0) is 30.3 Å². The SMILES string of the molecule is CCCCCOC(=O)[C@H](Cc1cc2ccccc2[nH]1)NC(=O)CC[C@@H](N)C(=O)OCCC(C)C. The van der Waals surface area contributed by atoms with Crippen LogP contribution in [-0.4, -0.2) is 48.1 Å². The number of ether oxygens (including phenoxy) is 2. The predicted molar refractivity (Wildman–Crippen MR) is 132 cm³/mol. The number of hydrogen-bond acceptors (Lipinski definition) is 6. The third kappa shape index (κ3) is 9.55. The molecule has 8 heteroatoms. The lowest BCUT2D eigenvalue weighted by Crippen LogP contribution is -2.44. The maximum Gasteiger partial charge on any atom is 0.329 e. The number of nitrogens with one attached hydrogen (secondary N) is 2. The highest BCUT2D eigenvalue weighted by atomic mass is 16.5. The normalized spacial score (nSPS) is 13.0. The van der Waals surface area contributed by atoms with Crippen LogP contribution in [0.3, 0.4) is 0 Å². The van der Waals surface area contributed by atoms with Crippen molar-refractivity contribution in [1.82, 2.24) is 10.3 Å². The summed E-state index contributed by atoms with van der Waals surface area (Å²) in [5.74, 6) is -0.929. The van der Waals surface area contributed by atoms with E-state index in [1.54, 1.807) is 0 Å². The first kappa shape index (κ1) is 27.4. The van der Waals surface area contributed by atoms with E-state index >= 15 is 0 Å². The van der Waals surface area contributed by atoms with Crippen LogP contribution in [0.1, 0.15) is 65.0 Å². The van der Waals surface area contributed by atoms with Crippen molar-refractivity contribution in [3.8, 4) is 0 Å². The van der Waals surface area contributed by atoms with E-state index in [4.69, 9.17) is 15.2 Å². The number of aromatic nitrogens is 1. The smallest absolute Gasteiger partial charge is 0.329 e. The maximum absolute atomic E-state index is 12.7. The number of carbonyl (C=O) groups is 3. The number of fused-ring (bicyclic) bond motifs is 1. The molecule has 188 valence electrons. The van der Waals surface area contributed by atoms with E-state index in [1.165, 1.54) is 0 Å². The molecular formula is C26H39N3O5. The molecular weight excluding hydrogens is 434 g/mol. The lowest BCUT2D eigenvalue weighted by atomic mass is 10.1. The third-order valence-electron chi connectivity index (χ3n) is 5.55. The molecule has 0 unspecified atom stereocenters. The number of hydrogen-bond donors (Lipinski definition) is 3. The van der Waals surface area contributed by atoms with Gasteiger partial charge in [-0.25, -0.2) is 4.79 Å². The van der Waals surface area contributed by atoms with E-state index < -0.39 is 24.0 Å². The molecule has 0 aliphatic carbocycles. The Morgan fingerprint density at radius 3 is 2.47 bits per heavy atom. The van der Waals surface area contributed by atoms with Gasteiger partial charge in [-0.1, -0.05) is 51.8 Å². The summed E-state index contributed by atoms with van der Waals surface area (Å²) in [5.41, 5.74) is 7.66. The first-order valence-electron chi connectivity index (χ1n) is 12.2. The first-order chi connectivity index (χ1) is 16.3. The summed E-state index contributed by atoms with van der Waals surface area (Å²) in [6.45, 7) is 6.79. The average molecular weight is 474 g/mol. The summed E-state index contributed by atoms with van der Waals surface area (Å²) < 4.78 is 10.6. The number of carbonyl (C=O) groups excluding carboxylic acids is 3. The zero-order chi connectivity index (χ0) is 24.9. The van der Waals surface area contributed by atoms with Gasteiger partial charge in [0.15, 0.2) is 0 Å². The second-order valence-corrected chi connectivity index (χ2v) is 9.08. The van der Waals surface area contributed by atoms with E-state index in [9.17, 15) is 14.4 Å². The molecule has 2 atom stereocenters. The molecule has 2 aromatic rings. The molecule has 0 saturated carbocycles. The molecule has 0 spiro atoms. The van der Waals surface area contributed by atoms with Gasteiger partial charge in [0, 0.05) is 24.1 Å². The van der Waals surface area contributed by atoms with Crippen LogP contribution in [0, 0.1) is 5.92 Å². The van der Waals surface area contributed by atoms with Crippen molar-refractivity contribution in [2.75, 3.05) is 13.2 Å². The molecule has 0 bridgehead atoms. The quantitative estimate of drug-likeness (QED) is 0.268. The van der Waals surface area contributed by atoms with Gasteiger partial charge in [-0.15, -0.1) is 0 Å². The minimum absolute atomic E-state index is 0.00671. The minimum Gasteiger partial charge on any atom is -0.465 e. The molecule has 0 fully saturated rings. The van der Waals surface area contributed by atoms with Crippen molar-refractivity contribution >= 4 is 28.7 Å². The van der Waals surface area contributed by atoms with Crippen LogP contribution in [0.15, 0.2) is 30.3 Å². The van der Waals surface area contributed by atoms with Gasteiger partial charge in [0.05, 0.1) is 13.2 Å². The van der Waals surface area contributed by atoms with E-state index in [2.05, 4.69) is 17.2 Å². The van der Waals surface area contributed by atoms with Crippen LogP contribution in [0.25, 0.3) is 10.9 Å². The van der Waals surface area contributed by atoms with Crippen LogP contribution in [0.4, 0.5) is 0 Å². The largest absolute Gasteiger partial charge is 0.465 e. The molecule has 0 aliphatic heterocycles. The zero-order valence-corrected chi connectivity index (χ0v) is 20.6. The maximum atomic E-state index is 12.7. The van der Waals surface area contributed by atoms with E-state index in [-0.39, 0.29) is 25.2 Å². The molecule has 0 aliphatic rings. The van der Waals surface area contributed by atoms with Crippen LogP contribution >= 0.6 is 0 Å². The Hall–Kier alpha value is -2.87. The van der Waals surface area contributed by atoms with E-state index in [0.717, 1.165) is 42.3 Å². The average Bonchev–Trinajstić information content (AvgIpc) is 3.21. The van der Waals surface area contributed by atoms with Crippen molar-refractivity contribution in [1.29, 1.82) is 0 Å². The minimum atomic E-state index is -0.883. The van der Waals surface area contributed by atoms with E-state index in [1.807, 2.05) is 44.2 Å². The van der Waals surface area contributed by atoms with Gasteiger partial charge in [-0.3, -0.25) is 9.59 Å². The van der Waals surface area contributed by atoms with Crippen molar-refractivity contribution < 1.29 is 23.9 Å². The third-order valence-corrected chi connectivity index (χ3v) is 5.55. The summed E-state index contributed by atoms with van der Waals surface area (Å²) in [6.07, 6.45) is 3.95. The number of nitrogens with two attached hydrogens (primary N) is 1. The predicted octanol–water partition coefficient (Wildman–Crippen LogP) is 3.63. The molecule has 4 N–H and O–H groups in total. The van der Waals surface area contributed by atoms with Crippen LogP contribution in [0.2, 0.25) is 0 Å². The monoisotopic (exact) mass is 473 g/mol. The Bertz CT molecular complexity index is 891. The number of rotatable bonds is 15. The number of amides is 1. The highest BCUT2D eigenvalue weighted by Gasteiger charge is 2.25. The summed E-state index contributed by atoms with van der Waals surface area (Å²) in [4.78, 5) is 40.6. The number of unbranched alkanes of at least 4 members (excludes halogenated alkanes) is 2. The van der Waals surface area contributed by atoms with Gasteiger partial charge < -0.3 is 25.5 Å². The number of aromatic amines is 1. The van der Waals surface area contributed by atoms with Crippen LogP contribution < -0.4 is 11.1 Å². The Kier molecular flexibility index (Phi) is 11.6. The van der Waals surface area contributed by atoms with Gasteiger partial charge in [0.2, 0.25) is 5.91 Å². The summed E-state index contributed by atoms with van der Waals surface area (Å²) in [7, 11) is 0. The Morgan fingerprint density at radius 1 is 1.03 bits per heavy atom. The fourth-order valence-electron chi connectivity index (χ4n) is 3.46. The second kappa shape index (κ2) is 14.4. The fraction of sp³-hybridized carbons (Fsp3) is 0.577. The summed E-state index contributed by atoms with van der Waals surface area (Å²) >= 11 is 0. The molecule has 1 heterocycles. The Balaban J connectivity index is 1.93. The van der Waals surface area contributed by atoms with Gasteiger partial charge in [-0.2, -0.15) is 0 Å². The topological polar surface area (TPSA) is 124 Å². The molecule has 0 saturated heterocycles. The van der Waals surface area contributed by atoms with E-state index in [0.29, 0.717) is 19.1 Å². The highest BCUT2D eigenvalue weighted by molar-refractivity contribution is 5.86. The second-order valence-electron chi connectivity index (χ2n) is 9.08. The molecule has 1 aromatic carbocycles. The lowest BCUT2D eigenvalue weighted by Gasteiger charge is -2.18. The lowest BCUT2D eigenvalue weighted by molar-refractivity contribution is -0.148. The molecule has 2 rings (SSSR count). The highest BCUT2D eigenvalue weighted by Crippen LogP contribution is 2.16. The number of benzene rings is 1. The fourth-order valence-corrected chi connectivity index (χ4v) is 3.46.